The number of benzene rings is 1. The Kier molecular flexibility index (Phi) is 6.06. The molecule has 0 spiro atoms. The smallest absolute Gasteiger partial charge is 0.127 e. The van der Waals surface area contributed by atoms with Crippen LogP contribution in [-0.4, -0.2) is 26.3 Å². The highest BCUT2D eigenvalue weighted by atomic mass is 35.5. The van der Waals surface area contributed by atoms with E-state index in [-0.39, 0.29) is 18.0 Å². The molecule has 2 unspecified atom stereocenters. The van der Waals surface area contributed by atoms with Gasteiger partial charge < -0.3 is 10.1 Å². The van der Waals surface area contributed by atoms with Gasteiger partial charge in [0.2, 0.25) is 0 Å². The van der Waals surface area contributed by atoms with Crippen LogP contribution in [0.4, 0.5) is 4.39 Å². The lowest BCUT2D eigenvalue weighted by Crippen LogP contribution is -2.43. The van der Waals surface area contributed by atoms with Gasteiger partial charge in [-0.2, -0.15) is 0 Å². The Morgan fingerprint density at radius 2 is 2.06 bits per heavy atom. The lowest BCUT2D eigenvalue weighted by molar-refractivity contribution is 0.0352. The van der Waals surface area contributed by atoms with Crippen LogP contribution < -0.4 is 5.32 Å². The van der Waals surface area contributed by atoms with Gasteiger partial charge in [0, 0.05) is 23.7 Å². The van der Waals surface area contributed by atoms with E-state index < -0.39 is 0 Å². The SMILES string of the molecule is CNC(Cc1c(F)cccc1Cl)C(OC)C(C)C. The number of hydrogen-bond donors (Lipinski definition) is 1. The minimum Gasteiger partial charge on any atom is -0.380 e. The Morgan fingerprint density at radius 3 is 2.50 bits per heavy atom. The van der Waals surface area contributed by atoms with Crippen LogP contribution >= 0.6 is 11.6 Å². The van der Waals surface area contributed by atoms with Crippen LogP contribution in [-0.2, 0) is 11.2 Å². The maximum Gasteiger partial charge on any atom is 0.127 e. The van der Waals surface area contributed by atoms with E-state index in [1.54, 1.807) is 19.2 Å². The molecule has 0 saturated heterocycles. The minimum absolute atomic E-state index is 0.0191. The topological polar surface area (TPSA) is 21.3 Å². The first kappa shape index (κ1) is 15.4. The van der Waals surface area contributed by atoms with E-state index in [0.29, 0.717) is 22.9 Å². The molecule has 2 atom stereocenters. The predicted molar refractivity (Wildman–Crippen MR) is 73.6 cm³/mol. The van der Waals surface area contributed by atoms with Gasteiger partial charge in [-0.25, -0.2) is 4.39 Å². The zero-order valence-electron chi connectivity index (χ0n) is 11.3. The summed E-state index contributed by atoms with van der Waals surface area (Å²) in [4.78, 5) is 0. The quantitative estimate of drug-likeness (QED) is 0.859. The average Bonchev–Trinajstić information content (AvgIpc) is 2.32. The van der Waals surface area contributed by atoms with Crippen LogP contribution in [0.15, 0.2) is 18.2 Å². The fourth-order valence-electron chi connectivity index (χ4n) is 2.23. The summed E-state index contributed by atoms with van der Waals surface area (Å²) in [5, 5.41) is 3.65. The predicted octanol–water partition coefficient (Wildman–Crippen LogP) is 3.28. The van der Waals surface area contributed by atoms with Gasteiger partial charge in [-0.15, -0.1) is 0 Å². The zero-order valence-corrected chi connectivity index (χ0v) is 12.1. The second-order valence-electron chi connectivity index (χ2n) is 4.74. The summed E-state index contributed by atoms with van der Waals surface area (Å²) in [5.74, 6) is 0.0827. The molecule has 18 heavy (non-hydrogen) atoms. The van der Waals surface area contributed by atoms with Gasteiger partial charge in [0.25, 0.3) is 0 Å². The molecule has 0 aromatic heterocycles. The molecule has 0 amide bonds. The monoisotopic (exact) mass is 273 g/mol. The van der Waals surface area contributed by atoms with Crippen molar-refractivity contribution in [3.8, 4) is 0 Å². The van der Waals surface area contributed by atoms with Crippen molar-refractivity contribution in [1.29, 1.82) is 0 Å². The molecule has 0 radical (unpaired) electrons. The van der Waals surface area contributed by atoms with Gasteiger partial charge in [-0.1, -0.05) is 31.5 Å². The van der Waals surface area contributed by atoms with Crippen molar-refractivity contribution in [3.63, 3.8) is 0 Å². The Hall–Kier alpha value is -0.640. The summed E-state index contributed by atoms with van der Waals surface area (Å²) in [6.07, 6.45) is 0.532. The Morgan fingerprint density at radius 1 is 1.39 bits per heavy atom. The molecule has 1 aromatic rings. The molecule has 0 bridgehead atoms. The maximum atomic E-state index is 13.8. The van der Waals surface area contributed by atoms with Crippen molar-refractivity contribution in [2.24, 2.45) is 5.92 Å². The summed E-state index contributed by atoms with van der Waals surface area (Å²) in [6, 6.07) is 4.80. The standard InChI is InChI=1S/C14H21ClFNO/c1-9(2)14(18-4)13(17-3)8-10-11(15)6-5-7-12(10)16/h5-7,9,13-14,17H,8H2,1-4H3. The average molecular weight is 274 g/mol. The fourth-order valence-corrected chi connectivity index (χ4v) is 2.47. The highest BCUT2D eigenvalue weighted by Gasteiger charge is 2.25. The zero-order chi connectivity index (χ0) is 13.7. The summed E-state index contributed by atoms with van der Waals surface area (Å²) >= 11 is 6.05. The first-order chi connectivity index (χ1) is 8.51. The van der Waals surface area contributed by atoms with E-state index in [1.165, 1.54) is 6.07 Å². The van der Waals surface area contributed by atoms with Gasteiger partial charge >= 0.3 is 0 Å². The van der Waals surface area contributed by atoms with E-state index in [9.17, 15) is 4.39 Å². The van der Waals surface area contributed by atoms with Crippen molar-refractivity contribution in [2.75, 3.05) is 14.2 Å². The normalized spacial score (nSPS) is 14.8. The number of ether oxygens (including phenoxy) is 1. The van der Waals surface area contributed by atoms with Gasteiger partial charge in [-0.3, -0.25) is 0 Å². The van der Waals surface area contributed by atoms with E-state index in [2.05, 4.69) is 19.2 Å². The van der Waals surface area contributed by atoms with Gasteiger partial charge in [-0.05, 0) is 31.5 Å². The van der Waals surface area contributed by atoms with Crippen molar-refractivity contribution >= 4 is 11.6 Å². The second kappa shape index (κ2) is 7.07. The summed E-state index contributed by atoms with van der Waals surface area (Å²) in [5.41, 5.74) is 0.543. The van der Waals surface area contributed by atoms with E-state index in [4.69, 9.17) is 16.3 Å². The molecule has 0 heterocycles. The Bertz CT molecular complexity index is 364. The molecule has 0 saturated carbocycles. The van der Waals surface area contributed by atoms with Gasteiger partial charge in [0.15, 0.2) is 0 Å². The Balaban J connectivity index is 2.92. The first-order valence-corrected chi connectivity index (χ1v) is 6.52. The largest absolute Gasteiger partial charge is 0.380 e. The van der Waals surface area contributed by atoms with Crippen molar-refractivity contribution in [1.82, 2.24) is 5.32 Å². The van der Waals surface area contributed by atoms with Crippen LogP contribution in [0.1, 0.15) is 19.4 Å². The third kappa shape index (κ3) is 3.67. The minimum atomic E-state index is -0.263. The second-order valence-corrected chi connectivity index (χ2v) is 5.15. The molecular weight excluding hydrogens is 253 g/mol. The molecule has 1 rings (SSSR count). The van der Waals surface area contributed by atoms with Crippen molar-refractivity contribution < 1.29 is 9.13 Å². The first-order valence-electron chi connectivity index (χ1n) is 6.14. The van der Waals surface area contributed by atoms with Crippen LogP contribution in [0, 0.1) is 11.7 Å². The Labute approximate surface area is 113 Å². The van der Waals surface area contributed by atoms with E-state index >= 15 is 0 Å². The molecule has 1 aromatic carbocycles. The number of hydrogen-bond acceptors (Lipinski definition) is 2. The third-order valence-electron chi connectivity index (χ3n) is 3.18. The molecule has 102 valence electrons. The molecule has 0 aliphatic heterocycles. The molecular formula is C14H21ClFNO. The van der Waals surface area contributed by atoms with Crippen LogP contribution in [0.25, 0.3) is 0 Å². The third-order valence-corrected chi connectivity index (χ3v) is 3.54. The highest BCUT2D eigenvalue weighted by Crippen LogP contribution is 2.23. The number of halogens is 2. The number of methoxy groups -OCH3 is 1. The van der Waals surface area contributed by atoms with E-state index in [0.717, 1.165) is 0 Å². The van der Waals surface area contributed by atoms with E-state index in [1.807, 2.05) is 7.05 Å². The number of rotatable bonds is 6. The molecule has 0 aliphatic carbocycles. The number of nitrogens with one attached hydrogen (secondary N) is 1. The molecule has 0 aliphatic rings. The summed E-state index contributed by atoms with van der Waals surface area (Å²) in [6.45, 7) is 4.17. The molecule has 0 fully saturated rings. The number of likely N-dealkylation sites (N-methyl/N-ethyl adjacent to an activating group) is 1. The molecule has 4 heteroatoms. The maximum absolute atomic E-state index is 13.8. The fraction of sp³-hybridized carbons (Fsp3) is 0.571. The van der Waals surface area contributed by atoms with Crippen molar-refractivity contribution in [2.45, 2.75) is 32.4 Å². The lowest BCUT2D eigenvalue weighted by Gasteiger charge is -2.29. The molecule has 1 N–H and O–H groups in total. The van der Waals surface area contributed by atoms with Crippen molar-refractivity contribution in [3.05, 3.63) is 34.6 Å². The summed E-state index contributed by atoms with van der Waals surface area (Å²) in [7, 11) is 3.53. The molecule has 2 nitrogen and oxygen atoms in total. The van der Waals surface area contributed by atoms with Crippen LogP contribution in [0.5, 0.6) is 0 Å². The lowest BCUT2D eigenvalue weighted by atomic mass is 9.94. The summed E-state index contributed by atoms with van der Waals surface area (Å²) < 4.78 is 19.3. The van der Waals surface area contributed by atoms with Crippen LogP contribution in [0.3, 0.4) is 0 Å². The van der Waals surface area contributed by atoms with Gasteiger partial charge in [0.05, 0.1) is 6.10 Å². The van der Waals surface area contributed by atoms with Crippen LogP contribution in [0.2, 0.25) is 5.02 Å². The highest BCUT2D eigenvalue weighted by molar-refractivity contribution is 6.31. The van der Waals surface area contributed by atoms with Gasteiger partial charge in [0.1, 0.15) is 5.82 Å².